The van der Waals surface area contributed by atoms with Crippen LogP contribution in [0.1, 0.15) is 15.9 Å². The van der Waals surface area contributed by atoms with Crippen LogP contribution in [0, 0.1) is 0 Å². The maximum absolute atomic E-state index is 13.1. The van der Waals surface area contributed by atoms with Crippen molar-refractivity contribution in [3.8, 4) is 11.1 Å². The number of pyridine rings is 2. The fourth-order valence-electron chi connectivity index (χ4n) is 4.89. The summed E-state index contributed by atoms with van der Waals surface area (Å²) < 4.78 is 7.16. The first kappa shape index (κ1) is 21.3. The number of likely N-dealkylation sites (N-methyl/N-ethyl adjacent to an activating group) is 1. The largest absolute Gasteiger partial charge is 0.378 e. The number of aromatic nitrogens is 4. The van der Waals surface area contributed by atoms with Crippen LogP contribution in [-0.2, 0) is 11.3 Å². The number of hydrogen-bond donors (Lipinski definition) is 1. The van der Waals surface area contributed by atoms with E-state index < -0.39 is 0 Å². The molecule has 6 rings (SSSR count). The Bertz CT molecular complexity index is 1330. The van der Waals surface area contributed by atoms with Gasteiger partial charge in [-0.2, -0.15) is 5.10 Å². The van der Waals surface area contributed by atoms with Crippen molar-refractivity contribution in [3.63, 3.8) is 0 Å². The van der Waals surface area contributed by atoms with Crippen LogP contribution in [0.2, 0.25) is 0 Å². The second-order valence-corrected chi connectivity index (χ2v) is 9.23. The number of nitrogens with one attached hydrogen (secondary N) is 1. The first-order chi connectivity index (χ1) is 16.7. The maximum atomic E-state index is 13.1. The van der Waals surface area contributed by atoms with Crippen molar-refractivity contribution in [2.75, 3.05) is 59.5 Å². The van der Waals surface area contributed by atoms with Crippen molar-refractivity contribution < 1.29 is 9.53 Å². The lowest BCUT2D eigenvalue weighted by atomic mass is 10.0. The molecule has 0 radical (unpaired) electrons. The Morgan fingerprint density at radius 2 is 1.91 bits per heavy atom. The third-order valence-corrected chi connectivity index (χ3v) is 6.95. The normalized spacial score (nSPS) is 18.2. The number of carbonyl (C=O) groups is 1. The number of piperazine rings is 1. The molecule has 176 valence electrons. The Morgan fingerprint density at radius 1 is 1.09 bits per heavy atom. The Hall–Kier alpha value is -3.27. The van der Waals surface area contributed by atoms with Crippen molar-refractivity contribution in [2.45, 2.75) is 6.54 Å². The minimum absolute atomic E-state index is 0.00510. The summed E-state index contributed by atoms with van der Waals surface area (Å²) in [5.74, 6) is 0.00510. The van der Waals surface area contributed by atoms with Gasteiger partial charge in [0.05, 0.1) is 30.5 Å². The van der Waals surface area contributed by atoms with Crippen molar-refractivity contribution in [2.24, 2.45) is 0 Å². The van der Waals surface area contributed by atoms with E-state index in [2.05, 4.69) is 44.0 Å². The monoisotopic (exact) mass is 459 g/mol. The van der Waals surface area contributed by atoms with Gasteiger partial charge in [0.15, 0.2) is 0 Å². The van der Waals surface area contributed by atoms with E-state index in [1.54, 1.807) is 10.7 Å². The van der Waals surface area contributed by atoms with Gasteiger partial charge in [-0.3, -0.25) is 9.69 Å². The molecule has 0 spiro atoms. The highest BCUT2D eigenvalue weighted by molar-refractivity contribution is 6.02. The molecular formula is C25H29N7O2. The smallest absolute Gasteiger partial charge is 0.257 e. The number of carbonyl (C=O) groups excluding carboxylic acids is 1. The fourth-order valence-corrected chi connectivity index (χ4v) is 4.89. The lowest BCUT2D eigenvalue weighted by Crippen LogP contribution is -2.43. The van der Waals surface area contributed by atoms with Crippen LogP contribution in [0.15, 0.2) is 43.0 Å². The predicted octanol–water partition coefficient (Wildman–Crippen LogP) is 2.10. The summed E-state index contributed by atoms with van der Waals surface area (Å²) >= 11 is 0. The van der Waals surface area contributed by atoms with Crippen LogP contribution in [-0.4, -0.2) is 99.7 Å². The molecule has 1 amide bonds. The molecule has 0 atom stereocenters. The number of nitrogens with zero attached hydrogens (tertiary/aromatic N) is 6. The zero-order valence-corrected chi connectivity index (χ0v) is 19.4. The first-order valence-corrected chi connectivity index (χ1v) is 11.9. The van der Waals surface area contributed by atoms with E-state index in [1.165, 1.54) is 5.56 Å². The molecule has 0 aliphatic carbocycles. The van der Waals surface area contributed by atoms with Gasteiger partial charge in [-0.25, -0.2) is 9.50 Å². The molecule has 9 heteroatoms. The van der Waals surface area contributed by atoms with Crippen LogP contribution in [0.25, 0.3) is 27.7 Å². The summed E-state index contributed by atoms with van der Waals surface area (Å²) in [5, 5.41) is 5.51. The Morgan fingerprint density at radius 3 is 2.74 bits per heavy atom. The zero-order chi connectivity index (χ0) is 23.1. The van der Waals surface area contributed by atoms with Crippen LogP contribution < -0.4 is 0 Å². The summed E-state index contributed by atoms with van der Waals surface area (Å²) in [6.45, 7) is 7.63. The van der Waals surface area contributed by atoms with Gasteiger partial charge in [0.2, 0.25) is 0 Å². The van der Waals surface area contributed by atoms with Gasteiger partial charge in [-0.15, -0.1) is 0 Å². The topological polar surface area (TPSA) is 82.0 Å². The molecule has 2 aliphatic heterocycles. The molecule has 34 heavy (non-hydrogen) atoms. The average molecular weight is 460 g/mol. The lowest BCUT2D eigenvalue weighted by molar-refractivity contribution is 0.0304. The molecule has 0 bridgehead atoms. The Labute approximate surface area is 197 Å². The van der Waals surface area contributed by atoms with Gasteiger partial charge >= 0.3 is 0 Å². The molecule has 9 nitrogen and oxygen atoms in total. The number of H-pyrrole nitrogens is 1. The highest BCUT2D eigenvalue weighted by Crippen LogP contribution is 2.30. The van der Waals surface area contributed by atoms with Crippen LogP contribution in [0.5, 0.6) is 0 Å². The molecule has 0 saturated carbocycles. The number of fused-ring (bicyclic) bond motifs is 2. The van der Waals surface area contributed by atoms with E-state index in [1.807, 2.05) is 29.6 Å². The van der Waals surface area contributed by atoms with Crippen molar-refractivity contribution >= 4 is 22.5 Å². The van der Waals surface area contributed by atoms with Gasteiger partial charge in [0.1, 0.15) is 5.65 Å². The van der Waals surface area contributed by atoms with Gasteiger partial charge in [-0.05, 0) is 36.4 Å². The number of ether oxygens (including phenoxy) is 1. The Kier molecular flexibility index (Phi) is 5.52. The Balaban J connectivity index is 1.32. The fraction of sp³-hybridized carbons (Fsp3) is 0.400. The van der Waals surface area contributed by atoms with Crippen LogP contribution in [0.3, 0.4) is 0 Å². The summed E-state index contributed by atoms with van der Waals surface area (Å²) in [5.41, 5.74) is 5.63. The molecule has 4 aromatic rings. The number of hydrogen-bond acceptors (Lipinski definition) is 6. The summed E-state index contributed by atoms with van der Waals surface area (Å²) in [7, 11) is 2.17. The second kappa shape index (κ2) is 8.83. The van der Waals surface area contributed by atoms with E-state index in [9.17, 15) is 4.79 Å². The average Bonchev–Trinajstić information content (AvgIpc) is 3.49. The number of amides is 1. The highest BCUT2D eigenvalue weighted by Gasteiger charge is 2.22. The zero-order valence-electron chi connectivity index (χ0n) is 19.4. The number of rotatable bonds is 4. The van der Waals surface area contributed by atoms with Crippen molar-refractivity contribution in [3.05, 3.63) is 54.1 Å². The third kappa shape index (κ3) is 3.96. The number of morpholine rings is 1. The third-order valence-electron chi connectivity index (χ3n) is 6.95. The quantitative estimate of drug-likeness (QED) is 0.503. The predicted molar refractivity (Wildman–Crippen MR) is 130 cm³/mol. The van der Waals surface area contributed by atoms with E-state index >= 15 is 0 Å². The summed E-state index contributed by atoms with van der Waals surface area (Å²) in [6.07, 6.45) is 7.56. The molecule has 4 aromatic heterocycles. The molecule has 6 heterocycles. The molecule has 0 aromatic carbocycles. The van der Waals surface area contributed by atoms with E-state index in [-0.39, 0.29) is 5.91 Å². The highest BCUT2D eigenvalue weighted by atomic mass is 16.5. The standard InChI is InChI=1S/C25H29N7O2/c1-29-4-6-30(7-5-29)17-18-12-20-21(15-27-24(20)26-14-18)19-2-3-32-23(13-19)22(16-28-32)25(33)31-8-10-34-11-9-31/h2-3,12-16H,4-11,17H2,1H3,(H,26,27). The van der Waals surface area contributed by atoms with Crippen molar-refractivity contribution in [1.82, 2.24) is 34.3 Å². The summed E-state index contributed by atoms with van der Waals surface area (Å²) in [6, 6.07) is 6.34. The molecular weight excluding hydrogens is 430 g/mol. The van der Waals surface area contributed by atoms with Gasteiger partial charge in [0, 0.05) is 75.4 Å². The SMILES string of the molecule is CN1CCN(Cc2cnc3[nH]cc(-c4ccn5ncc(C(=O)N6CCOCC6)c5c4)c3c2)CC1. The van der Waals surface area contributed by atoms with E-state index in [0.717, 1.165) is 60.4 Å². The van der Waals surface area contributed by atoms with Crippen LogP contribution >= 0.6 is 0 Å². The molecule has 2 aliphatic rings. The second-order valence-electron chi connectivity index (χ2n) is 9.23. The first-order valence-electron chi connectivity index (χ1n) is 11.9. The van der Waals surface area contributed by atoms with Crippen molar-refractivity contribution in [1.29, 1.82) is 0 Å². The summed E-state index contributed by atoms with van der Waals surface area (Å²) in [4.78, 5) is 27.8. The lowest BCUT2D eigenvalue weighted by Gasteiger charge is -2.32. The van der Waals surface area contributed by atoms with Gasteiger partial charge in [-0.1, -0.05) is 0 Å². The molecule has 1 N–H and O–H groups in total. The van der Waals surface area contributed by atoms with Crippen LogP contribution in [0.4, 0.5) is 0 Å². The number of aromatic amines is 1. The maximum Gasteiger partial charge on any atom is 0.257 e. The van der Waals surface area contributed by atoms with E-state index in [4.69, 9.17) is 4.74 Å². The minimum atomic E-state index is 0.00510. The minimum Gasteiger partial charge on any atom is -0.378 e. The molecule has 2 fully saturated rings. The van der Waals surface area contributed by atoms with E-state index in [0.29, 0.717) is 31.9 Å². The molecule has 2 saturated heterocycles. The van der Waals surface area contributed by atoms with Gasteiger partial charge < -0.3 is 19.5 Å². The molecule has 0 unspecified atom stereocenters. The van der Waals surface area contributed by atoms with Gasteiger partial charge in [0.25, 0.3) is 5.91 Å².